The van der Waals surface area contributed by atoms with Crippen LogP contribution in [-0.2, 0) is 5.41 Å². The molecule has 0 saturated carbocycles. The number of hydrogen-bond donors (Lipinski definition) is 0. The third-order valence-corrected chi connectivity index (χ3v) is 22.7. The van der Waals surface area contributed by atoms with Crippen LogP contribution < -0.4 is 22.5 Å². The van der Waals surface area contributed by atoms with E-state index in [1.54, 1.807) is 13.2 Å². The fraction of sp³-hybridized carbons (Fsp3) is 0.0588. The van der Waals surface area contributed by atoms with Crippen LogP contribution in [0, 0.1) is 0 Å². The zero-order chi connectivity index (χ0) is 35.3. The number of nitrogens with zero attached hydrogens (tertiary/aromatic N) is 1. The van der Waals surface area contributed by atoms with Crippen molar-refractivity contribution in [2.45, 2.75) is 19.3 Å². The van der Waals surface area contributed by atoms with Gasteiger partial charge in [-0.3, -0.25) is 0 Å². The third kappa shape index (κ3) is 4.20. The Morgan fingerprint density at radius 1 is 0.340 bits per heavy atom. The molecule has 2 heteroatoms. The van der Waals surface area contributed by atoms with Gasteiger partial charge in [-0.25, -0.2) is 0 Å². The van der Waals surface area contributed by atoms with E-state index < -0.39 is 13.3 Å². The molecule has 0 amide bonds. The van der Waals surface area contributed by atoms with Crippen molar-refractivity contribution in [1.82, 2.24) is 0 Å². The van der Waals surface area contributed by atoms with Gasteiger partial charge in [-0.05, 0) is 0 Å². The molecule has 0 atom stereocenters. The summed E-state index contributed by atoms with van der Waals surface area (Å²) in [4.78, 5) is 2.49. The molecule has 250 valence electrons. The van der Waals surface area contributed by atoms with Crippen LogP contribution in [0.4, 0.5) is 17.1 Å². The van der Waals surface area contributed by atoms with E-state index in [0.29, 0.717) is 0 Å². The van der Waals surface area contributed by atoms with E-state index in [9.17, 15) is 0 Å². The Morgan fingerprint density at radius 3 is 1.43 bits per heavy atom. The minimum atomic E-state index is -3.36. The standard InChI is InChI=1S/C51H37GeN/c1-51(2)45-20-10-6-16-39(45)44-32-37(29-31-46(44)51)53(36-26-24-35(25-27-36)34-14-4-3-5-15-34)38-28-30-43-42-19-9-13-23-49(42)52(50(43)33-38)47-21-11-7-17-40(47)41-18-8-12-22-48(41)52/h3-33H,1-2H3. The van der Waals surface area contributed by atoms with Gasteiger partial charge in [-0.2, -0.15) is 0 Å². The van der Waals surface area contributed by atoms with Crippen LogP contribution >= 0.6 is 0 Å². The SMILES string of the molecule is CC1(C)c2ccccc2-c2cc(N(c3ccc(-c4ccccc4)cc3)c3ccc4[c](c3)[Ge]3([c]5ccccc5-c5cccc[c]53)[c]3ccccc3-4)ccc21. The van der Waals surface area contributed by atoms with Gasteiger partial charge in [0.15, 0.2) is 0 Å². The van der Waals surface area contributed by atoms with Crippen molar-refractivity contribution in [1.29, 1.82) is 0 Å². The number of anilines is 3. The number of hydrogen-bond acceptors (Lipinski definition) is 1. The van der Waals surface area contributed by atoms with Gasteiger partial charge >= 0.3 is 316 Å². The van der Waals surface area contributed by atoms with Crippen LogP contribution in [0.25, 0.3) is 44.5 Å². The van der Waals surface area contributed by atoms with E-state index in [2.05, 4.69) is 207 Å². The Bertz CT molecular complexity index is 2700. The van der Waals surface area contributed by atoms with Crippen LogP contribution in [0.5, 0.6) is 0 Å². The fourth-order valence-corrected chi connectivity index (χ4v) is 21.8. The Labute approximate surface area is 314 Å². The van der Waals surface area contributed by atoms with Crippen molar-refractivity contribution in [3.05, 3.63) is 199 Å². The van der Waals surface area contributed by atoms with Crippen molar-refractivity contribution in [2.24, 2.45) is 0 Å². The first kappa shape index (κ1) is 30.7. The van der Waals surface area contributed by atoms with Crippen molar-refractivity contribution in [3.8, 4) is 44.5 Å². The van der Waals surface area contributed by atoms with E-state index in [-0.39, 0.29) is 5.41 Å². The average molecular weight is 736 g/mol. The summed E-state index contributed by atoms with van der Waals surface area (Å²) in [6.07, 6.45) is 0. The number of benzene rings is 8. The van der Waals surface area contributed by atoms with Gasteiger partial charge < -0.3 is 0 Å². The molecule has 11 rings (SSSR count). The second-order valence-electron chi connectivity index (χ2n) is 15.3. The van der Waals surface area contributed by atoms with Gasteiger partial charge in [0, 0.05) is 0 Å². The first-order chi connectivity index (χ1) is 26.0. The van der Waals surface area contributed by atoms with Gasteiger partial charge in [-0.15, -0.1) is 0 Å². The third-order valence-electron chi connectivity index (χ3n) is 12.3. The molecule has 8 aromatic carbocycles. The van der Waals surface area contributed by atoms with Crippen molar-refractivity contribution in [3.63, 3.8) is 0 Å². The second kappa shape index (κ2) is 11.3. The van der Waals surface area contributed by atoms with E-state index in [1.807, 2.05) is 0 Å². The molecule has 0 N–H and O–H groups in total. The van der Waals surface area contributed by atoms with E-state index >= 15 is 0 Å². The molecule has 0 radical (unpaired) electrons. The summed E-state index contributed by atoms with van der Waals surface area (Å²) < 4.78 is 6.17. The topological polar surface area (TPSA) is 3.24 Å². The molecule has 2 heterocycles. The zero-order valence-electron chi connectivity index (χ0n) is 29.8. The van der Waals surface area contributed by atoms with Gasteiger partial charge in [0.1, 0.15) is 0 Å². The van der Waals surface area contributed by atoms with Gasteiger partial charge in [0.25, 0.3) is 0 Å². The van der Waals surface area contributed by atoms with E-state index in [4.69, 9.17) is 0 Å². The predicted molar refractivity (Wildman–Crippen MR) is 226 cm³/mol. The maximum atomic E-state index is 2.57. The molecule has 2 aliphatic heterocycles. The first-order valence-electron chi connectivity index (χ1n) is 18.7. The van der Waals surface area contributed by atoms with Crippen LogP contribution in [0.1, 0.15) is 25.0 Å². The number of rotatable bonds is 4. The molecular weight excluding hydrogens is 699 g/mol. The molecule has 0 saturated heterocycles. The van der Waals surface area contributed by atoms with Crippen LogP contribution in [-0.4, -0.2) is 13.3 Å². The molecular formula is C51H37GeN. The number of fused-ring (bicyclic) bond motifs is 13. The fourth-order valence-electron chi connectivity index (χ4n) is 9.95. The normalized spacial score (nSPS) is 14.5. The minimum absolute atomic E-state index is 0.0465. The summed E-state index contributed by atoms with van der Waals surface area (Å²) in [6, 6.07) is 71.1. The Balaban J connectivity index is 1.16. The monoisotopic (exact) mass is 737 g/mol. The molecule has 8 aromatic rings. The van der Waals surface area contributed by atoms with Crippen LogP contribution in [0.15, 0.2) is 188 Å². The quantitative estimate of drug-likeness (QED) is 0.163. The summed E-state index contributed by atoms with van der Waals surface area (Å²) in [5.74, 6) is 0. The molecule has 1 nitrogen and oxygen atoms in total. The average Bonchev–Trinajstić information content (AvgIpc) is 3.77. The van der Waals surface area contributed by atoms with E-state index in [0.717, 1.165) is 5.69 Å². The zero-order valence-corrected chi connectivity index (χ0v) is 31.9. The molecule has 3 aliphatic rings. The Kier molecular flexibility index (Phi) is 6.55. The summed E-state index contributed by atoms with van der Waals surface area (Å²) in [7, 11) is 0. The van der Waals surface area contributed by atoms with Crippen LogP contribution in [0.3, 0.4) is 0 Å². The molecule has 0 fully saturated rings. The molecule has 0 aromatic heterocycles. The van der Waals surface area contributed by atoms with E-state index in [1.165, 1.54) is 71.4 Å². The van der Waals surface area contributed by atoms with Crippen LogP contribution in [0.2, 0.25) is 0 Å². The Hall–Kier alpha value is -5.90. The summed E-state index contributed by atoms with van der Waals surface area (Å²) in [5, 5.41) is 0. The maximum absolute atomic E-state index is 3.36. The first-order valence-corrected chi connectivity index (χ1v) is 22.9. The molecule has 0 bridgehead atoms. The summed E-state index contributed by atoms with van der Waals surface area (Å²) >= 11 is -3.36. The summed E-state index contributed by atoms with van der Waals surface area (Å²) in [5.41, 5.74) is 17.0. The Morgan fingerprint density at radius 2 is 0.792 bits per heavy atom. The van der Waals surface area contributed by atoms with Gasteiger partial charge in [-0.1, -0.05) is 0 Å². The van der Waals surface area contributed by atoms with Crippen molar-refractivity contribution in [2.75, 3.05) is 4.90 Å². The predicted octanol–water partition coefficient (Wildman–Crippen LogP) is 10.5. The van der Waals surface area contributed by atoms with Gasteiger partial charge in [0.2, 0.25) is 0 Å². The molecule has 1 aliphatic carbocycles. The molecule has 0 unspecified atom stereocenters. The summed E-state index contributed by atoms with van der Waals surface area (Å²) in [6.45, 7) is 4.72. The van der Waals surface area contributed by atoms with Crippen molar-refractivity contribution >= 4 is 47.9 Å². The van der Waals surface area contributed by atoms with Gasteiger partial charge in [0.05, 0.1) is 0 Å². The molecule has 53 heavy (non-hydrogen) atoms. The van der Waals surface area contributed by atoms with Crippen molar-refractivity contribution < 1.29 is 0 Å². The molecule has 1 spiro atoms. The second-order valence-corrected chi connectivity index (χ2v) is 22.9.